The molecule has 1 rings (SSSR count). The van der Waals surface area contributed by atoms with Crippen LogP contribution in [0, 0.1) is 0 Å². The maximum absolute atomic E-state index is 11.3. The lowest BCUT2D eigenvalue weighted by molar-refractivity contribution is -0.120. The number of nitrogens with one attached hydrogen (secondary N) is 1. The Bertz CT molecular complexity index is 310. The SMILES string of the molecule is C=C1/N=C\N(C)CC(=O)NC(=O)N1C. The van der Waals surface area contributed by atoms with Gasteiger partial charge in [0.2, 0.25) is 5.91 Å². The van der Waals surface area contributed by atoms with Crippen molar-refractivity contribution in [2.75, 3.05) is 20.6 Å². The van der Waals surface area contributed by atoms with Crippen LogP contribution in [0.15, 0.2) is 17.4 Å². The fraction of sp³-hybridized carbons (Fsp3) is 0.375. The summed E-state index contributed by atoms with van der Waals surface area (Å²) in [5.74, 6) is -0.0884. The average molecular weight is 196 g/mol. The van der Waals surface area contributed by atoms with E-state index in [1.807, 2.05) is 0 Å². The van der Waals surface area contributed by atoms with Gasteiger partial charge >= 0.3 is 6.03 Å². The minimum Gasteiger partial charge on any atom is -0.356 e. The van der Waals surface area contributed by atoms with Gasteiger partial charge in [0.15, 0.2) is 0 Å². The van der Waals surface area contributed by atoms with Crippen molar-refractivity contribution in [3.8, 4) is 0 Å². The summed E-state index contributed by atoms with van der Waals surface area (Å²) in [6.07, 6.45) is 1.46. The topological polar surface area (TPSA) is 65.0 Å². The van der Waals surface area contributed by atoms with E-state index >= 15 is 0 Å². The fourth-order valence-corrected chi connectivity index (χ4v) is 0.879. The van der Waals surface area contributed by atoms with E-state index in [0.29, 0.717) is 0 Å². The molecule has 14 heavy (non-hydrogen) atoms. The van der Waals surface area contributed by atoms with Crippen molar-refractivity contribution in [3.63, 3.8) is 0 Å². The summed E-state index contributed by atoms with van der Waals surface area (Å²) in [4.78, 5) is 29.1. The maximum Gasteiger partial charge on any atom is 0.329 e. The van der Waals surface area contributed by atoms with E-state index in [9.17, 15) is 9.59 Å². The molecule has 0 aromatic rings. The summed E-state index contributed by atoms with van der Waals surface area (Å²) in [6, 6.07) is -0.521. The van der Waals surface area contributed by atoms with Crippen molar-refractivity contribution in [1.82, 2.24) is 15.1 Å². The lowest BCUT2D eigenvalue weighted by Crippen LogP contribution is -2.42. The molecule has 3 amide bonds. The second-order valence-electron chi connectivity index (χ2n) is 2.99. The van der Waals surface area contributed by atoms with Crippen molar-refractivity contribution in [1.29, 1.82) is 0 Å². The van der Waals surface area contributed by atoms with Crippen LogP contribution >= 0.6 is 0 Å². The van der Waals surface area contributed by atoms with Gasteiger partial charge in [0.1, 0.15) is 5.82 Å². The Hall–Kier alpha value is -1.85. The standard InChI is InChI=1S/C8H12N4O2/c1-6-9-5-11(2)4-7(13)10-8(14)12(6)3/h5H,1,4H2,2-3H3,(H,10,13,14)/b9-5-. The number of aliphatic imine (C=N–C) groups is 1. The molecule has 6 nitrogen and oxygen atoms in total. The zero-order valence-corrected chi connectivity index (χ0v) is 8.15. The average Bonchev–Trinajstić information content (AvgIpc) is 2.14. The smallest absolute Gasteiger partial charge is 0.329 e. The summed E-state index contributed by atoms with van der Waals surface area (Å²) in [6.45, 7) is 3.67. The highest BCUT2D eigenvalue weighted by Gasteiger charge is 2.16. The molecule has 0 saturated heterocycles. The molecule has 0 spiro atoms. The van der Waals surface area contributed by atoms with Crippen LogP contribution in [0.2, 0.25) is 0 Å². The molecular formula is C8H12N4O2. The summed E-state index contributed by atoms with van der Waals surface area (Å²) in [5, 5.41) is 2.20. The number of likely N-dealkylation sites (N-methyl/N-ethyl adjacent to an activating group) is 1. The molecule has 1 aliphatic heterocycles. The maximum atomic E-state index is 11.3. The number of nitrogens with zero attached hydrogens (tertiary/aromatic N) is 3. The number of carbonyl (C=O) groups is 2. The van der Waals surface area contributed by atoms with Gasteiger partial charge in [-0.3, -0.25) is 15.0 Å². The van der Waals surface area contributed by atoms with Gasteiger partial charge in [0, 0.05) is 14.1 Å². The number of carbonyl (C=O) groups excluding carboxylic acids is 2. The van der Waals surface area contributed by atoms with Crippen LogP contribution in [-0.2, 0) is 4.79 Å². The Balaban J connectivity index is 2.88. The molecule has 0 aromatic carbocycles. The van der Waals surface area contributed by atoms with Crippen LogP contribution in [0.4, 0.5) is 4.79 Å². The van der Waals surface area contributed by atoms with Gasteiger partial charge in [0.25, 0.3) is 0 Å². The second kappa shape index (κ2) is 3.91. The zero-order valence-electron chi connectivity index (χ0n) is 8.15. The van der Waals surface area contributed by atoms with E-state index in [1.54, 1.807) is 11.9 Å². The highest BCUT2D eigenvalue weighted by Crippen LogP contribution is 2.01. The minimum absolute atomic E-state index is 0.0936. The molecule has 76 valence electrons. The fourth-order valence-electron chi connectivity index (χ4n) is 0.879. The van der Waals surface area contributed by atoms with Gasteiger partial charge in [-0.1, -0.05) is 6.58 Å². The van der Waals surface area contributed by atoms with E-state index in [1.165, 1.54) is 18.3 Å². The van der Waals surface area contributed by atoms with Gasteiger partial charge in [-0.05, 0) is 0 Å². The van der Waals surface area contributed by atoms with Crippen molar-refractivity contribution < 1.29 is 9.59 Å². The molecule has 1 aliphatic rings. The third-order valence-corrected chi connectivity index (χ3v) is 1.74. The molecule has 0 saturated carbocycles. The first-order valence-corrected chi connectivity index (χ1v) is 4.01. The number of rotatable bonds is 0. The van der Waals surface area contributed by atoms with E-state index in [4.69, 9.17) is 0 Å². The van der Waals surface area contributed by atoms with Gasteiger partial charge in [-0.2, -0.15) is 0 Å². The van der Waals surface area contributed by atoms with E-state index in [2.05, 4.69) is 16.9 Å². The normalized spacial score (nSPS) is 21.1. The zero-order chi connectivity index (χ0) is 10.7. The van der Waals surface area contributed by atoms with Crippen LogP contribution in [0.1, 0.15) is 0 Å². The number of imide groups is 1. The van der Waals surface area contributed by atoms with Crippen molar-refractivity contribution in [3.05, 3.63) is 12.4 Å². The lowest BCUT2D eigenvalue weighted by Gasteiger charge is -2.14. The summed E-state index contributed by atoms with van der Waals surface area (Å²) in [5.41, 5.74) is 0. The summed E-state index contributed by atoms with van der Waals surface area (Å²) in [7, 11) is 3.18. The van der Waals surface area contributed by atoms with Gasteiger partial charge < -0.3 is 4.90 Å². The Morgan fingerprint density at radius 2 is 2.14 bits per heavy atom. The van der Waals surface area contributed by atoms with Crippen LogP contribution in [0.3, 0.4) is 0 Å². The van der Waals surface area contributed by atoms with Crippen LogP contribution in [-0.4, -0.2) is 48.7 Å². The van der Waals surface area contributed by atoms with Crippen LogP contribution in [0.25, 0.3) is 0 Å². The monoisotopic (exact) mass is 196 g/mol. The third kappa shape index (κ3) is 2.32. The molecule has 1 heterocycles. The van der Waals surface area contributed by atoms with Crippen molar-refractivity contribution >= 4 is 18.3 Å². The van der Waals surface area contributed by atoms with Gasteiger partial charge in [-0.15, -0.1) is 0 Å². The quantitative estimate of drug-likeness (QED) is 0.573. The predicted octanol–water partition coefficient (Wildman–Crippen LogP) is -0.401. The number of hydrogen-bond donors (Lipinski definition) is 1. The molecule has 0 bridgehead atoms. The van der Waals surface area contributed by atoms with Gasteiger partial charge in [0.05, 0.1) is 12.9 Å². The second-order valence-corrected chi connectivity index (χ2v) is 2.99. The van der Waals surface area contributed by atoms with Gasteiger partial charge in [-0.25, -0.2) is 9.79 Å². The molecule has 0 aliphatic carbocycles. The molecular weight excluding hydrogens is 184 g/mol. The highest BCUT2D eigenvalue weighted by atomic mass is 16.2. The first-order valence-electron chi connectivity index (χ1n) is 4.01. The van der Waals surface area contributed by atoms with Crippen molar-refractivity contribution in [2.24, 2.45) is 4.99 Å². The Kier molecular flexibility index (Phi) is 2.85. The molecule has 0 atom stereocenters. The largest absolute Gasteiger partial charge is 0.356 e. The molecule has 6 heteroatoms. The lowest BCUT2D eigenvalue weighted by atomic mass is 10.5. The molecule has 0 aromatic heterocycles. The van der Waals surface area contributed by atoms with E-state index < -0.39 is 6.03 Å². The predicted molar refractivity (Wildman–Crippen MR) is 51.6 cm³/mol. The molecule has 0 radical (unpaired) electrons. The molecule has 0 unspecified atom stereocenters. The number of hydrogen-bond acceptors (Lipinski definition) is 4. The highest BCUT2D eigenvalue weighted by molar-refractivity contribution is 5.96. The van der Waals surface area contributed by atoms with Crippen molar-refractivity contribution in [2.45, 2.75) is 0 Å². The third-order valence-electron chi connectivity index (χ3n) is 1.74. The Morgan fingerprint density at radius 1 is 1.50 bits per heavy atom. The van der Waals surface area contributed by atoms with Crippen LogP contribution < -0.4 is 5.32 Å². The molecule has 1 N–H and O–H groups in total. The summed E-state index contributed by atoms with van der Waals surface area (Å²) < 4.78 is 0. The van der Waals surface area contributed by atoms with E-state index in [0.717, 1.165) is 0 Å². The Morgan fingerprint density at radius 3 is 2.79 bits per heavy atom. The number of amides is 3. The Labute approximate surface area is 81.9 Å². The first-order chi connectivity index (χ1) is 6.50. The van der Waals surface area contributed by atoms with E-state index in [-0.39, 0.29) is 18.3 Å². The minimum atomic E-state index is -0.521. The van der Waals surface area contributed by atoms with Crippen LogP contribution in [0.5, 0.6) is 0 Å². The number of urea groups is 1. The molecule has 0 fully saturated rings. The first kappa shape index (κ1) is 10.2. The summed E-state index contributed by atoms with van der Waals surface area (Å²) >= 11 is 0.